The van der Waals surface area contributed by atoms with Gasteiger partial charge < -0.3 is 19.9 Å². The molecule has 0 saturated carbocycles. The molecule has 0 radical (unpaired) electrons. The summed E-state index contributed by atoms with van der Waals surface area (Å²) in [6.45, 7) is 8.60. The molecular formula is C11H23NO4. The van der Waals surface area contributed by atoms with Crippen molar-refractivity contribution in [1.29, 1.82) is 0 Å². The number of ether oxygens (including phenoxy) is 3. The van der Waals surface area contributed by atoms with E-state index in [0.29, 0.717) is 19.8 Å². The van der Waals surface area contributed by atoms with Crippen molar-refractivity contribution >= 4 is 5.97 Å². The summed E-state index contributed by atoms with van der Waals surface area (Å²) in [5.74, 6) is -0.445. The molecule has 0 spiro atoms. The first-order chi connectivity index (χ1) is 7.40. The minimum Gasteiger partial charge on any atom is -0.465 e. The summed E-state index contributed by atoms with van der Waals surface area (Å²) in [4.78, 5) is 11.4. The molecule has 1 atom stereocenters. The van der Waals surface area contributed by atoms with Crippen LogP contribution in [0.2, 0.25) is 0 Å². The fraction of sp³-hybridized carbons (Fsp3) is 0.909. The molecule has 5 heteroatoms. The third-order valence-corrected chi connectivity index (χ3v) is 1.82. The molecule has 0 aromatic rings. The van der Waals surface area contributed by atoms with E-state index in [1.54, 1.807) is 13.8 Å². The standard InChI is InChI=1S/C11H23NO4/c1-5-15-10(13)11(4,12)8-14-6-7-16-9(2)3/h9H,5-8,12H2,1-4H3. The first kappa shape index (κ1) is 15.3. The summed E-state index contributed by atoms with van der Waals surface area (Å²) < 4.78 is 15.4. The zero-order valence-electron chi connectivity index (χ0n) is 10.6. The van der Waals surface area contributed by atoms with E-state index in [1.807, 2.05) is 13.8 Å². The Hall–Kier alpha value is -0.650. The molecule has 1 unspecified atom stereocenters. The van der Waals surface area contributed by atoms with Gasteiger partial charge in [-0.25, -0.2) is 4.79 Å². The van der Waals surface area contributed by atoms with Gasteiger partial charge in [-0.3, -0.25) is 0 Å². The van der Waals surface area contributed by atoms with Crippen molar-refractivity contribution in [2.45, 2.75) is 39.3 Å². The molecule has 2 N–H and O–H groups in total. The number of rotatable bonds is 8. The van der Waals surface area contributed by atoms with Crippen LogP contribution < -0.4 is 5.73 Å². The predicted octanol–water partition coefficient (Wildman–Crippen LogP) is 0.709. The lowest BCUT2D eigenvalue weighted by Gasteiger charge is -2.22. The molecule has 0 heterocycles. The fourth-order valence-electron chi connectivity index (χ4n) is 0.982. The molecular weight excluding hydrogens is 210 g/mol. The molecule has 0 amide bonds. The van der Waals surface area contributed by atoms with E-state index in [-0.39, 0.29) is 12.7 Å². The first-order valence-electron chi connectivity index (χ1n) is 5.55. The maximum Gasteiger partial charge on any atom is 0.328 e. The number of nitrogens with two attached hydrogens (primary N) is 1. The van der Waals surface area contributed by atoms with Crippen molar-refractivity contribution in [3.8, 4) is 0 Å². The molecule has 0 aromatic carbocycles. The molecule has 96 valence electrons. The van der Waals surface area contributed by atoms with Gasteiger partial charge in [0.15, 0.2) is 0 Å². The molecule has 0 fully saturated rings. The quantitative estimate of drug-likeness (QED) is 0.494. The van der Waals surface area contributed by atoms with Crippen molar-refractivity contribution in [3.05, 3.63) is 0 Å². The van der Waals surface area contributed by atoms with Crippen LogP contribution in [0.3, 0.4) is 0 Å². The van der Waals surface area contributed by atoms with Gasteiger partial charge in [0.2, 0.25) is 0 Å². The van der Waals surface area contributed by atoms with Crippen LogP contribution in [0.1, 0.15) is 27.7 Å². The van der Waals surface area contributed by atoms with E-state index >= 15 is 0 Å². The van der Waals surface area contributed by atoms with E-state index in [4.69, 9.17) is 19.9 Å². The number of carbonyl (C=O) groups is 1. The number of esters is 1. The van der Waals surface area contributed by atoms with Gasteiger partial charge in [-0.1, -0.05) is 0 Å². The second-order valence-electron chi connectivity index (χ2n) is 4.11. The van der Waals surface area contributed by atoms with E-state index in [1.165, 1.54) is 0 Å². The maximum absolute atomic E-state index is 11.4. The summed E-state index contributed by atoms with van der Waals surface area (Å²) in [6, 6.07) is 0. The minimum atomic E-state index is -1.09. The van der Waals surface area contributed by atoms with Crippen molar-refractivity contribution in [2.75, 3.05) is 26.4 Å². The van der Waals surface area contributed by atoms with Gasteiger partial charge >= 0.3 is 5.97 Å². The van der Waals surface area contributed by atoms with Gasteiger partial charge in [0.05, 0.1) is 32.5 Å². The summed E-state index contributed by atoms with van der Waals surface area (Å²) in [5, 5.41) is 0. The Labute approximate surface area is 97.2 Å². The highest BCUT2D eigenvalue weighted by molar-refractivity contribution is 5.80. The normalized spacial score (nSPS) is 14.9. The van der Waals surface area contributed by atoms with Gasteiger partial charge in [0.25, 0.3) is 0 Å². The molecule has 0 saturated heterocycles. The zero-order chi connectivity index (χ0) is 12.6. The monoisotopic (exact) mass is 233 g/mol. The Morgan fingerprint density at radius 3 is 2.50 bits per heavy atom. The smallest absolute Gasteiger partial charge is 0.328 e. The molecule has 0 rings (SSSR count). The molecule has 16 heavy (non-hydrogen) atoms. The Morgan fingerprint density at radius 2 is 2.00 bits per heavy atom. The van der Waals surface area contributed by atoms with Gasteiger partial charge in [0.1, 0.15) is 5.54 Å². The van der Waals surface area contributed by atoms with Gasteiger partial charge in [-0.05, 0) is 27.7 Å². The SMILES string of the molecule is CCOC(=O)C(C)(N)COCCOC(C)C. The van der Waals surface area contributed by atoms with Crippen molar-refractivity contribution in [3.63, 3.8) is 0 Å². The molecule has 0 bridgehead atoms. The second-order valence-corrected chi connectivity index (χ2v) is 4.11. The van der Waals surface area contributed by atoms with Crippen LogP contribution in [0.15, 0.2) is 0 Å². The minimum absolute atomic E-state index is 0.132. The lowest BCUT2D eigenvalue weighted by atomic mass is 10.1. The number of hydrogen-bond acceptors (Lipinski definition) is 5. The Bertz CT molecular complexity index is 204. The van der Waals surface area contributed by atoms with Gasteiger partial charge in [0, 0.05) is 0 Å². The van der Waals surface area contributed by atoms with Crippen LogP contribution in [0.4, 0.5) is 0 Å². The lowest BCUT2D eigenvalue weighted by molar-refractivity contribution is -0.151. The van der Waals surface area contributed by atoms with E-state index in [9.17, 15) is 4.79 Å². The lowest BCUT2D eigenvalue weighted by Crippen LogP contribution is -2.50. The molecule has 5 nitrogen and oxygen atoms in total. The maximum atomic E-state index is 11.4. The number of hydrogen-bond donors (Lipinski definition) is 1. The van der Waals surface area contributed by atoms with Crippen LogP contribution in [-0.4, -0.2) is 44.0 Å². The van der Waals surface area contributed by atoms with Crippen LogP contribution in [0.25, 0.3) is 0 Å². The van der Waals surface area contributed by atoms with E-state index in [2.05, 4.69) is 0 Å². The molecule has 0 aliphatic rings. The summed E-state index contributed by atoms with van der Waals surface area (Å²) in [7, 11) is 0. The average Bonchev–Trinajstić information content (AvgIpc) is 2.17. The molecule has 0 aliphatic carbocycles. The largest absolute Gasteiger partial charge is 0.465 e. The van der Waals surface area contributed by atoms with E-state index in [0.717, 1.165) is 0 Å². The topological polar surface area (TPSA) is 70.8 Å². The highest BCUT2D eigenvalue weighted by Gasteiger charge is 2.30. The zero-order valence-corrected chi connectivity index (χ0v) is 10.6. The Morgan fingerprint density at radius 1 is 1.38 bits per heavy atom. The summed E-state index contributed by atoms with van der Waals surface area (Å²) in [6.07, 6.45) is 0.179. The highest BCUT2D eigenvalue weighted by Crippen LogP contribution is 2.03. The van der Waals surface area contributed by atoms with Crippen LogP contribution in [0.5, 0.6) is 0 Å². The second kappa shape index (κ2) is 7.60. The molecule has 0 aromatic heterocycles. The van der Waals surface area contributed by atoms with Crippen molar-refractivity contribution in [1.82, 2.24) is 0 Å². The van der Waals surface area contributed by atoms with E-state index < -0.39 is 11.5 Å². The fourth-order valence-corrected chi connectivity index (χ4v) is 0.982. The van der Waals surface area contributed by atoms with Crippen molar-refractivity contribution < 1.29 is 19.0 Å². The van der Waals surface area contributed by atoms with Crippen molar-refractivity contribution in [2.24, 2.45) is 5.73 Å². The highest BCUT2D eigenvalue weighted by atomic mass is 16.5. The Kier molecular flexibility index (Phi) is 7.29. The third kappa shape index (κ3) is 6.76. The van der Waals surface area contributed by atoms with Crippen LogP contribution in [-0.2, 0) is 19.0 Å². The van der Waals surface area contributed by atoms with Crippen LogP contribution >= 0.6 is 0 Å². The number of carbonyl (C=O) groups excluding carboxylic acids is 1. The van der Waals surface area contributed by atoms with Gasteiger partial charge in [-0.2, -0.15) is 0 Å². The average molecular weight is 233 g/mol. The Balaban J connectivity index is 3.69. The van der Waals surface area contributed by atoms with Gasteiger partial charge in [-0.15, -0.1) is 0 Å². The van der Waals surface area contributed by atoms with Crippen LogP contribution in [0, 0.1) is 0 Å². The first-order valence-corrected chi connectivity index (χ1v) is 5.55. The summed E-state index contributed by atoms with van der Waals surface area (Å²) in [5.41, 5.74) is 4.66. The predicted molar refractivity (Wildman–Crippen MR) is 61.1 cm³/mol. The molecule has 0 aliphatic heterocycles. The third-order valence-electron chi connectivity index (χ3n) is 1.82. The summed E-state index contributed by atoms with van der Waals surface area (Å²) >= 11 is 0.